The number of ether oxygens (including phenoxy) is 1. The molecule has 6 rings (SSSR count). The van der Waals surface area contributed by atoms with E-state index in [2.05, 4.69) is 58.8 Å². The van der Waals surface area contributed by atoms with E-state index in [4.69, 9.17) is 9.15 Å². The molecular weight excluding hydrogens is 436 g/mol. The number of esters is 1. The lowest BCUT2D eigenvalue weighted by Crippen LogP contribution is -2.03. The number of H-pyrrole nitrogens is 2. The third-order valence-electron chi connectivity index (χ3n) is 6.46. The Morgan fingerprint density at radius 2 is 1.40 bits per heavy atom. The maximum absolute atomic E-state index is 12.0. The third-order valence-corrected chi connectivity index (χ3v) is 6.46. The van der Waals surface area contributed by atoms with Crippen molar-refractivity contribution < 1.29 is 13.9 Å². The molecule has 0 spiro atoms. The fourth-order valence-electron chi connectivity index (χ4n) is 4.79. The number of hydrogen-bond donors (Lipinski definition) is 2. The minimum absolute atomic E-state index is 0.102. The molecule has 3 heterocycles. The average molecular weight is 461 g/mol. The number of carbonyl (C=O) groups excluding carboxylic acids is 1. The standard InChI is InChI=1S/C30H24N2O3/c1-2-34-30(33)20-13-11-19(12-14-20)27-15-16-28(35-27)29(23-17-31-25-9-5-3-7-21(23)25)24-18-32-26-10-6-4-8-22(24)26/h3-18,29,31-32H,2H2,1H3. The second-order valence-electron chi connectivity index (χ2n) is 8.51. The zero-order chi connectivity index (χ0) is 23.8. The Morgan fingerprint density at radius 1 is 0.800 bits per heavy atom. The molecule has 172 valence electrons. The van der Waals surface area contributed by atoms with Crippen LogP contribution < -0.4 is 0 Å². The normalized spacial score (nSPS) is 11.5. The summed E-state index contributed by atoms with van der Waals surface area (Å²) in [6.07, 6.45) is 4.15. The van der Waals surface area contributed by atoms with Gasteiger partial charge in [-0.3, -0.25) is 0 Å². The van der Waals surface area contributed by atoms with Crippen molar-refractivity contribution in [1.82, 2.24) is 9.97 Å². The molecule has 0 saturated carbocycles. The van der Waals surface area contributed by atoms with Crippen molar-refractivity contribution in [2.45, 2.75) is 12.8 Å². The van der Waals surface area contributed by atoms with Crippen LogP contribution in [0, 0.1) is 0 Å². The summed E-state index contributed by atoms with van der Waals surface area (Å²) in [5, 5.41) is 2.33. The molecule has 6 aromatic rings. The summed E-state index contributed by atoms with van der Waals surface area (Å²) in [5.74, 6) is 1.18. The summed E-state index contributed by atoms with van der Waals surface area (Å²) in [6, 6.07) is 28.0. The molecular formula is C30H24N2O3. The first kappa shape index (κ1) is 21.1. The molecule has 5 heteroatoms. The summed E-state index contributed by atoms with van der Waals surface area (Å²) >= 11 is 0. The van der Waals surface area contributed by atoms with Crippen LogP contribution in [-0.4, -0.2) is 22.5 Å². The smallest absolute Gasteiger partial charge is 0.338 e. The summed E-state index contributed by atoms with van der Waals surface area (Å²) in [4.78, 5) is 18.8. The molecule has 2 N–H and O–H groups in total. The molecule has 0 amide bonds. The van der Waals surface area contributed by atoms with Crippen LogP contribution in [0.2, 0.25) is 0 Å². The van der Waals surface area contributed by atoms with Gasteiger partial charge >= 0.3 is 5.97 Å². The lowest BCUT2D eigenvalue weighted by molar-refractivity contribution is 0.0526. The number of fused-ring (bicyclic) bond motifs is 2. The molecule has 0 saturated heterocycles. The molecule has 3 aromatic carbocycles. The van der Waals surface area contributed by atoms with E-state index < -0.39 is 0 Å². The number of hydrogen-bond acceptors (Lipinski definition) is 3. The van der Waals surface area contributed by atoms with Gasteiger partial charge < -0.3 is 19.1 Å². The van der Waals surface area contributed by atoms with Crippen molar-refractivity contribution in [3.63, 3.8) is 0 Å². The fourth-order valence-corrected chi connectivity index (χ4v) is 4.79. The van der Waals surface area contributed by atoms with Gasteiger partial charge in [-0.1, -0.05) is 48.5 Å². The van der Waals surface area contributed by atoms with Crippen molar-refractivity contribution in [3.05, 3.63) is 120 Å². The van der Waals surface area contributed by atoms with Gasteiger partial charge in [0.1, 0.15) is 11.5 Å². The second kappa shape index (κ2) is 8.69. The lowest BCUT2D eigenvalue weighted by atomic mass is 9.88. The predicted octanol–water partition coefficient (Wildman–Crippen LogP) is 7.27. The highest BCUT2D eigenvalue weighted by Crippen LogP contribution is 2.41. The summed E-state index contributed by atoms with van der Waals surface area (Å²) in [5.41, 5.74) is 5.92. The Bertz CT molecular complexity index is 1560. The van der Waals surface area contributed by atoms with Gasteiger partial charge in [-0.2, -0.15) is 0 Å². The van der Waals surface area contributed by atoms with Gasteiger partial charge in [-0.15, -0.1) is 0 Å². The van der Waals surface area contributed by atoms with Crippen molar-refractivity contribution in [3.8, 4) is 11.3 Å². The first-order chi connectivity index (χ1) is 17.2. The SMILES string of the molecule is CCOC(=O)c1ccc(-c2ccc(C(c3c[nH]c4ccccc34)c3c[nH]c4ccccc34)o2)cc1. The molecule has 0 radical (unpaired) electrons. The van der Waals surface area contributed by atoms with Gasteiger partial charge in [0, 0.05) is 39.8 Å². The molecule has 35 heavy (non-hydrogen) atoms. The monoisotopic (exact) mass is 460 g/mol. The summed E-state index contributed by atoms with van der Waals surface area (Å²) in [6.45, 7) is 2.15. The van der Waals surface area contributed by atoms with E-state index >= 15 is 0 Å². The average Bonchev–Trinajstić information content (AvgIpc) is 3.65. The fraction of sp³-hybridized carbons (Fsp3) is 0.100. The van der Waals surface area contributed by atoms with Crippen LogP contribution in [0.1, 0.15) is 40.1 Å². The second-order valence-corrected chi connectivity index (χ2v) is 8.51. The number of aromatic nitrogens is 2. The van der Waals surface area contributed by atoms with Crippen molar-refractivity contribution in [2.24, 2.45) is 0 Å². The first-order valence-corrected chi connectivity index (χ1v) is 11.7. The van der Waals surface area contributed by atoms with Crippen LogP contribution in [0.15, 0.2) is 102 Å². The van der Waals surface area contributed by atoms with Crippen molar-refractivity contribution in [1.29, 1.82) is 0 Å². The van der Waals surface area contributed by atoms with Crippen LogP contribution in [-0.2, 0) is 4.74 Å². The molecule has 5 nitrogen and oxygen atoms in total. The molecule has 0 aliphatic heterocycles. The van der Waals surface area contributed by atoms with Gasteiger partial charge in [0.05, 0.1) is 18.1 Å². The predicted molar refractivity (Wildman–Crippen MR) is 138 cm³/mol. The van der Waals surface area contributed by atoms with E-state index in [1.54, 1.807) is 19.1 Å². The first-order valence-electron chi connectivity index (χ1n) is 11.7. The maximum atomic E-state index is 12.0. The Morgan fingerprint density at radius 3 is 2.00 bits per heavy atom. The number of rotatable bonds is 6. The van der Waals surface area contributed by atoms with E-state index in [9.17, 15) is 4.79 Å². The molecule has 0 bridgehead atoms. The van der Waals surface area contributed by atoms with Crippen LogP contribution in [0.3, 0.4) is 0 Å². The number of para-hydroxylation sites is 2. The third kappa shape index (κ3) is 3.71. The quantitative estimate of drug-likeness (QED) is 0.257. The highest BCUT2D eigenvalue weighted by molar-refractivity contribution is 5.90. The zero-order valence-corrected chi connectivity index (χ0v) is 19.2. The van der Waals surface area contributed by atoms with E-state index in [-0.39, 0.29) is 11.9 Å². The zero-order valence-electron chi connectivity index (χ0n) is 19.2. The molecule has 0 aliphatic rings. The van der Waals surface area contributed by atoms with E-state index in [0.29, 0.717) is 12.2 Å². The van der Waals surface area contributed by atoms with E-state index in [0.717, 1.165) is 39.2 Å². The molecule has 0 fully saturated rings. The minimum Gasteiger partial charge on any atom is -0.462 e. The molecule has 3 aromatic heterocycles. The van der Waals surface area contributed by atoms with Gasteiger partial charge in [0.2, 0.25) is 0 Å². The van der Waals surface area contributed by atoms with E-state index in [1.807, 2.05) is 36.4 Å². The van der Waals surface area contributed by atoms with Crippen LogP contribution >= 0.6 is 0 Å². The number of furan rings is 1. The van der Waals surface area contributed by atoms with Gasteiger partial charge in [0.15, 0.2) is 0 Å². The van der Waals surface area contributed by atoms with Crippen LogP contribution in [0.4, 0.5) is 0 Å². The lowest BCUT2D eigenvalue weighted by Gasteiger charge is -2.14. The summed E-state index contributed by atoms with van der Waals surface area (Å²) in [7, 11) is 0. The van der Waals surface area contributed by atoms with Gasteiger partial charge in [-0.05, 0) is 54.4 Å². The summed E-state index contributed by atoms with van der Waals surface area (Å²) < 4.78 is 11.6. The highest BCUT2D eigenvalue weighted by atomic mass is 16.5. The molecule has 0 unspecified atom stereocenters. The Balaban J connectivity index is 1.45. The van der Waals surface area contributed by atoms with Crippen LogP contribution in [0.5, 0.6) is 0 Å². The topological polar surface area (TPSA) is 71.0 Å². The minimum atomic E-state index is -0.321. The molecule has 0 aliphatic carbocycles. The Labute approximate surface area is 202 Å². The number of aromatic amines is 2. The number of nitrogens with one attached hydrogen (secondary N) is 2. The largest absolute Gasteiger partial charge is 0.462 e. The maximum Gasteiger partial charge on any atom is 0.338 e. The Hall–Kier alpha value is -4.51. The Kier molecular flexibility index (Phi) is 5.23. The number of carbonyl (C=O) groups is 1. The van der Waals surface area contributed by atoms with Crippen LogP contribution in [0.25, 0.3) is 33.1 Å². The number of benzene rings is 3. The van der Waals surface area contributed by atoms with Crippen molar-refractivity contribution >= 4 is 27.8 Å². The molecule has 0 atom stereocenters. The van der Waals surface area contributed by atoms with Gasteiger partial charge in [-0.25, -0.2) is 4.79 Å². The van der Waals surface area contributed by atoms with Gasteiger partial charge in [0.25, 0.3) is 0 Å². The van der Waals surface area contributed by atoms with E-state index in [1.165, 1.54) is 10.8 Å². The van der Waals surface area contributed by atoms with Crippen molar-refractivity contribution in [2.75, 3.05) is 6.61 Å². The highest BCUT2D eigenvalue weighted by Gasteiger charge is 2.26.